The normalized spacial score (nSPS) is 15.5. The number of hydrogen-bond donors (Lipinski definition) is 2. The van der Waals surface area contributed by atoms with E-state index in [0.717, 1.165) is 10.9 Å². The van der Waals surface area contributed by atoms with Gasteiger partial charge in [0.25, 0.3) is 11.8 Å². The number of nitrogens with one attached hydrogen (secondary N) is 1. The van der Waals surface area contributed by atoms with E-state index in [4.69, 9.17) is 9.47 Å². The summed E-state index contributed by atoms with van der Waals surface area (Å²) >= 11 is 0. The number of hydrogen-bond acceptors (Lipinski definition) is 7. The number of benzene rings is 2. The molecule has 0 fully saturated rings. The smallest absolute Gasteiger partial charge is 0.264 e. The van der Waals surface area contributed by atoms with E-state index in [0.29, 0.717) is 28.5 Å². The van der Waals surface area contributed by atoms with Gasteiger partial charge in [0.2, 0.25) is 0 Å². The molecule has 2 N–H and O–H groups in total. The van der Waals surface area contributed by atoms with Gasteiger partial charge < -0.3 is 24.8 Å². The van der Waals surface area contributed by atoms with E-state index in [1.54, 1.807) is 57.2 Å². The lowest BCUT2D eigenvalue weighted by Gasteiger charge is -2.31. The van der Waals surface area contributed by atoms with Gasteiger partial charge in [-0.2, -0.15) is 0 Å². The first kappa shape index (κ1) is 26.8. The van der Waals surface area contributed by atoms with Crippen molar-refractivity contribution in [1.82, 2.24) is 9.97 Å². The Bertz CT molecular complexity index is 1590. The highest BCUT2D eigenvalue weighted by atomic mass is 16.5. The highest BCUT2D eigenvalue weighted by Gasteiger charge is 2.42. The van der Waals surface area contributed by atoms with Crippen molar-refractivity contribution in [2.24, 2.45) is 0 Å². The number of ether oxygens (including phenoxy) is 2. The Hall–Kier alpha value is -4.76. The first-order valence-electron chi connectivity index (χ1n) is 12.8. The molecule has 2 aromatic carbocycles. The van der Waals surface area contributed by atoms with Crippen LogP contribution in [0, 0.1) is 0 Å². The maximum Gasteiger partial charge on any atom is 0.264 e. The zero-order chi connectivity index (χ0) is 28.4. The molecule has 2 amide bonds. The lowest BCUT2D eigenvalue weighted by molar-refractivity contribution is -0.119. The second-order valence-corrected chi connectivity index (χ2v) is 10.2. The molecule has 1 unspecified atom stereocenters. The summed E-state index contributed by atoms with van der Waals surface area (Å²) in [5.74, 6) is 1.06. The molecule has 9 nitrogen and oxygen atoms in total. The van der Waals surface area contributed by atoms with Crippen LogP contribution in [0.5, 0.6) is 17.2 Å². The zero-order valence-corrected chi connectivity index (χ0v) is 22.7. The second-order valence-electron chi connectivity index (χ2n) is 10.2. The SMILES string of the molecule is COc1ccc2c(Oc3ccc(NC(=O)C4=C(C)C(CC(C)(C)O)N(c5ccccc5)C4=O)nc3)ccnc2c1. The number of anilines is 2. The van der Waals surface area contributed by atoms with Crippen LogP contribution in [-0.4, -0.2) is 45.6 Å². The van der Waals surface area contributed by atoms with Crippen LogP contribution >= 0.6 is 0 Å². The van der Waals surface area contributed by atoms with Crippen molar-refractivity contribution < 1.29 is 24.2 Å². The molecule has 0 radical (unpaired) electrons. The highest BCUT2D eigenvalue weighted by molar-refractivity contribution is 6.29. The van der Waals surface area contributed by atoms with Crippen molar-refractivity contribution in [2.75, 3.05) is 17.3 Å². The summed E-state index contributed by atoms with van der Waals surface area (Å²) in [7, 11) is 1.60. The molecule has 0 saturated heterocycles. The van der Waals surface area contributed by atoms with Gasteiger partial charge in [0.15, 0.2) is 0 Å². The van der Waals surface area contributed by atoms with Gasteiger partial charge >= 0.3 is 0 Å². The van der Waals surface area contributed by atoms with Crippen LogP contribution in [0.1, 0.15) is 27.2 Å². The number of methoxy groups -OCH3 is 1. The van der Waals surface area contributed by atoms with E-state index in [2.05, 4.69) is 15.3 Å². The van der Waals surface area contributed by atoms with E-state index in [1.807, 2.05) is 48.5 Å². The Labute approximate surface area is 232 Å². The van der Waals surface area contributed by atoms with Gasteiger partial charge in [0, 0.05) is 29.8 Å². The Morgan fingerprint density at radius 2 is 1.80 bits per heavy atom. The van der Waals surface area contributed by atoms with E-state index in [-0.39, 0.29) is 17.8 Å². The maximum absolute atomic E-state index is 13.5. The molecule has 3 heterocycles. The average molecular weight is 539 g/mol. The van der Waals surface area contributed by atoms with Crippen LogP contribution in [-0.2, 0) is 9.59 Å². The minimum Gasteiger partial charge on any atom is -0.497 e. The van der Waals surface area contributed by atoms with Crippen LogP contribution < -0.4 is 19.7 Å². The standard InChI is InChI=1S/C31H30N4O5/c1-19-25(17-31(2,3)38)35(20-8-6-5-7-9-20)30(37)28(19)29(36)34-27-13-11-22(18-33-27)40-26-14-15-32-24-16-21(39-4)10-12-23(24)26/h5-16,18,25,38H,17H2,1-4H3,(H,33,34,36). The van der Waals surface area contributed by atoms with Gasteiger partial charge in [0.05, 0.1) is 30.5 Å². The Kier molecular flexibility index (Phi) is 7.23. The summed E-state index contributed by atoms with van der Waals surface area (Å²) in [6, 6.07) is 19.3. The summed E-state index contributed by atoms with van der Waals surface area (Å²) in [6.45, 7) is 5.13. The number of carbonyl (C=O) groups is 2. The molecule has 1 aliphatic heterocycles. The van der Waals surface area contributed by atoms with Gasteiger partial charge in [-0.3, -0.25) is 14.6 Å². The zero-order valence-electron chi connectivity index (χ0n) is 22.7. The van der Waals surface area contributed by atoms with Gasteiger partial charge in [-0.1, -0.05) is 18.2 Å². The van der Waals surface area contributed by atoms with E-state index in [1.165, 1.54) is 6.20 Å². The lowest BCUT2D eigenvalue weighted by Crippen LogP contribution is -2.40. The van der Waals surface area contributed by atoms with Crippen molar-refractivity contribution in [3.63, 3.8) is 0 Å². The molecule has 0 bridgehead atoms. The number of amides is 2. The number of carbonyl (C=O) groups excluding carboxylic acids is 2. The van der Waals surface area contributed by atoms with E-state index < -0.39 is 23.5 Å². The van der Waals surface area contributed by atoms with Gasteiger partial charge in [-0.15, -0.1) is 0 Å². The van der Waals surface area contributed by atoms with Crippen molar-refractivity contribution in [3.05, 3.63) is 90.3 Å². The second kappa shape index (κ2) is 10.8. The molecule has 1 aliphatic rings. The van der Waals surface area contributed by atoms with Crippen LogP contribution in [0.4, 0.5) is 11.5 Å². The monoisotopic (exact) mass is 538 g/mol. The molecule has 40 heavy (non-hydrogen) atoms. The van der Waals surface area contributed by atoms with Gasteiger partial charge in [0.1, 0.15) is 28.6 Å². The fraction of sp³-hybridized carbons (Fsp3) is 0.226. The third kappa shape index (κ3) is 5.50. The molecule has 0 saturated carbocycles. The summed E-state index contributed by atoms with van der Waals surface area (Å²) in [5.41, 5.74) is 0.972. The van der Waals surface area contributed by atoms with Gasteiger partial charge in [-0.25, -0.2) is 4.98 Å². The predicted octanol–water partition coefficient (Wildman–Crippen LogP) is 5.26. The number of para-hydroxylation sites is 1. The van der Waals surface area contributed by atoms with Crippen LogP contribution in [0.15, 0.2) is 90.3 Å². The van der Waals surface area contributed by atoms with Crippen molar-refractivity contribution in [2.45, 2.75) is 38.8 Å². The average Bonchev–Trinajstić information content (AvgIpc) is 3.17. The lowest BCUT2D eigenvalue weighted by atomic mass is 9.93. The quantitative estimate of drug-likeness (QED) is 0.294. The third-order valence-corrected chi connectivity index (χ3v) is 6.71. The first-order chi connectivity index (χ1) is 19.1. The predicted molar refractivity (Wildman–Crippen MR) is 153 cm³/mol. The van der Waals surface area contributed by atoms with Gasteiger partial charge in [-0.05, 0) is 68.8 Å². The molecule has 0 spiro atoms. The molecular weight excluding hydrogens is 508 g/mol. The number of rotatable bonds is 8. The highest BCUT2D eigenvalue weighted by Crippen LogP contribution is 2.36. The Morgan fingerprint density at radius 1 is 1.05 bits per heavy atom. The molecule has 2 aromatic heterocycles. The van der Waals surface area contributed by atoms with E-state index in [9.17, 15) is 14.7 Å². The maximum atomic E-state index is 13.5. The number of aromatic nitrogens is 2. The summed E-state index contributed by atoms with van der Waals surface area (Å²) in [6.07, 6.45) is 3.42. The summed E-state index contributed by atoms with van der Waals surface area (Å²) in [5, 5.41) is 14.1. The largest absolute Gasteiger partial charge is 0.497 e. The Morgan fingerprint density at radius 3 is 2.48 bits per heavy atom. The number of pyridine rings is 2. The fourth-order valence-corrected chi connectivity index (χ4v) is 4.81. The van der Waals surface area contributed by atoms with E-state index >= 15 is 0 Å². The topological polar surface area (TPSA) is 114 Å². The fourth-order valence-electron chi connectivity index (χ4n) is 4.81. The molecule has 0 aliphatic carbocycles. The molecule has 5 rings (SSSR count). The number of aliphatic hydroxyl groups is 1. The molecule has 1 atom stereocenters. The summed E-state index contributed by atoms with van der Waals surface area (Å²) in [4.78, 5) is 37.1. The first-order valence-corrected chi connectivity index (χ1v) is 12.8. The number of fused-ring (bicyclic) bond motifs is 1. The van der Waals surface area contributed by atoms with Crippen molar-refractivity contribution in [3.8, 4) is 17.2 Å². The molecular formula is C31H30N4O5. The Balaban J connectivity index is 1.35. The summed E-state index contributed by atoms with van der Waals surface area (Å²) < 4.78 is 11.3. The third-order valence-electron chi connectivity index (χ3n) is 6.71. The molecule has 9 heteroatoms. The van der Waals surface area contributed by atoms with Crippen molar-refractivity contribution in [1.29, 1.82) is 0 Å². The molecule has 204 valence electrons. The van der Waals surface area contributed by atoms with Crippen LogP contribution in [0.25, 0.3) is 10.9 Å². The minimum absolute atomic E-state index is 0.0407. The van der Waals surface area contributed by atoms with Crippen LogP contribution in [0.3, 0.4) is 0 Å². The van der Waals surface area contributed by atoms with Crippen molar-refractivity contribution >= 4 is 34.2 Å². The number of nitrogens with zero attached hydrogens (tertiary/aromatic N) is 3. The van der Waals surface area contributed by atoms with Crippen LogP contribution in [0.2, 0.25) is 0 Å². The molecule has 4 aromatic rings. The minimum atomic E-state index is -1.05.